The maximum atomic E-state index is 12.4. The molecule has 4 rings (SSSR count). The van der Waals surface area contributed by atoms with Crippen LogP contribution in [0.5, 0.6) is 11.5 Å². The van der Waals surface area contributed by atoms with Crippen LogP contribution < -0.4 is 4.74 Å². The zero-order chi connectivity index (χ0) is 21.3. The molecule has 154 valence electrons. The van der Waals surface area contributed by atoms with E-state index in [1.165, 1.54) is 6.21 Å². The molecule has 2 heterocycles. The first-order valence-electron chi connectivity index (χ1n) is 9.98. The molecule has 0 atom stereocenters. The smallest absolute Gasteiger partial charge is 0.228 e. The van der Waals surface area contributed by atoms with Crippen LogP contribution in [0.1, 0.15) is 38.1 Å². The van der Waals surface area contributed by atoms with Gasteiger partial charge in [0.2, 0.25) is 5.91 Å². The molecular weight excluding hydrogens is 378 g/mol. The largest absolute Gasteiger partial charge is 0.457 e. The lowest BCUT2D eigenvalue weighted by molar-refractivity contribution is -0.135. The van der Waals surface area contributed by atoms with E-state index in [0.717, 1.165) is 35.4 Å². The normalized spacial score (nSPS) is 15.5. The van der Waals surface area contributed by atoms with Crippen molar-refractivity contribution < 1.29 is 9.53 Å². The maximum Gasteiger partial charge on any atom is 0.228 e. The Morgan fingerprint density at radius 3 is 2.63 bits per heavy atom. The molecule has 3 aromatic rings. The molecule has 1 aliphatic rings. The number of benzene rings is 2. The van der Waals surface area contributed by atoms with Crippen molar-refractivity contribution in [2.24, 2.45) is 5.41 Å². The molecule has 1 amide bonds. The lowest BCUT2D eigenvalue weighted by Crippen LogP contribution is -2.30. The number of aromatic nitrogens is 2. The molecule has 2 aromatic carbocycles. The molecule has 0 radical (unpaired) electrons. The molecule has 1 saturated heterocycles. The highest BCUT2D eigenvalue weighted by atomic mass is 16.5. The second kappa shape index (κ2) is 7.74. The number of nitrogens with one attached hydrogen (secondary N) is 3. The van der Waals surface area contributed by atoms with E-state index in [0.29, 0.717) is 30.2 Å². The second-order valence-corrected chi connectivity index (χ2v) is 8.24. The SMILES string of the molecule is CC1(C)CCN(Cc2nc3ccc(Oc4ccc(C(=N)CC=N)cc4)cc3[nH]2)C1=O. The van der Waals surface area contributed by atoms with Crippen molar-refractivity contribution in [2.75, 3.05) is 6.54 Å². The fourth-order valence-electron chi connectivity index (χ4n) is 3.64. The molecule has 1 aliphatic heterocycles. The van der Waals surface area contributed by atoms with Gasteiger partial charge in [-0.15, -0.1) is 0 Å². The van der Waals surface area contributed by atoms with E-state index in [1.807, 2.05) is 61.2 Å². The van der Waals surface area contributed by atoms with E-state index < -0.39 is 0 Å². The van der Waals surface area contributed by atoms with Crippen molar-refractivity contribution in [3.05, 3.63) is 53.9 Å². The minimum atomic E-state index is -0.291. The minimum Gasteiger partial charge on any atom is -0.457 e. The van der Waals surface area contributed by atoms with Crippen molar-refractivity contribution in [3.8, 4) is 11.5 Å². The third-order valence-corrected chi connectivity index (χ3v) is 5.46. The Morgan fingerprint density at radius 2 is 1.97 bits per heavy atom. The molecule has 0 aliphatic carbocycles. The lowest BCUT2D eigenvalue weighted by Gasteiger charge is -2.18. The fourth-order valence-corrected chi connectivity index (χ4v) is 3.64. The van der Waals surface area contributed by atoms with Gasteiger partial charge in [-0.1, -0.05) is 13.8 Å². The van der Waals surface area contributed by atoms with Crippen LogP contribution in [-0.4, -0.2) is 39.2 Å². The van der Waals surface area contributed by atoms with E-state index in [9.17, 15) is 4.79 Å². The third kappa shape index (κ3) is 3.96. The summed E-state index contributed by atoms with van der Waals surface area (Å²) >= 11 is 0. The summed E-state index contributed by atoms with van der Waals surface area (Å²) in [6, 6.07) is 12.9. The van der Waals surface area contributed by atoms with Gasteiger partial charge in [0.25, 0.3) is 0 Å². The molecule has 7 heteroatoms. The molecule has 1 aromatic heterocycles. The molecule has 7 nitrogen and oxygen atoms in total. The van der Waals surface area contributed by atoms with E-state index >= 15 is 0 Å². The molecule has 0 spiro atoms. The highest BCUT2D eigenvalue weighted by Crippen LogP contribution is 2.31. The Labute approximate surface area is 175 Å². The van der Waals surface area contributed by atoms with Gasteiger partial charge >= 0.3 is 0 Å². The summed E-state index contributed by atoms with van der Waals surface area (Å²) in [5.74, 6) is 2.29. The minimum absolute atomic E-state index is 0.170. The Morgan fingerprint density at radius 1 is 1.23 bits per heavy atom. The first-order valence-corrected chi connectivity index (χ1v) is 9.98. The molecule has 0 unspecified atom stereocenters. The van der Waals surface area contributed by atoms with E-state index in [4.69, 9.17) is 15.6 Å². The van der Waals surface area contributed by atoms with Crippen LogP contribution in [0, 0.1) is 16.2 Å². The van der Waals surface area contributed by atoms with Gasteiger partial charge in [-0.05, 0) is 48.4 Å². The van der Waals surface area contributed by atoms with Crippen LogP contribution in [0.15, 0.2) is 42.5 Å². The fraction of sp³-hybridized carbons (Fsp3) is 0.304. The van der Waals surface area contributed by atoms with E-state index in [-0.39, 0.29) is 11.3 Å². The van der Waals surface area contributed by atoms with Gasteiger partial charge in [0.1, 0.15) is 17.3 Å². The quantitative estimate of drug-likeness (QED) is 0.505. The van der Waals surface area contributed by atoms with Crippen molar-refractivity contribution in [3.63, 3.8) is 0 Å². The predicted molar refractivity (Wildman–Crippen MR) is 117 cm³/mol. The van der Waals surface area contributed by atoms with Crippen molar-refractivity contribution >= 4 is 28.9 Å². The molecular formula is C23H25N5O2. The number of ether oxygens (including phenoxy) is 1. The topological polar surface area (TPSA) is 106 Å². The molecule has 1 fully saturated rings. The van der Waals surface area contributed by atoms with Crippen LogP contribution in [-0.2, 0) is 11.3 Å². The summed E-state index contributed by atoms with van der Waals surface area (Å²) < 4.78 is 5.94. The molecule has 0 bridgehead atoms. The summed E-state index contributed by atoms with van der Waals surface area (Å²) in [6.07, 6.45) is 2.41. The predicted octanol–water partition coefficient (Wildman–Crippen LogP) is 4.52. The van der Waals surface area contributed by atoms with E-state index in [1.54, 1.807) is 0 Å². The molecule has 0 saturated carbocycles. The number of fused-ring (bicyclic) bond motifs is 1. The van der Waals surface area contributed by atoms with Gasteiger partial charge < -0.3 is 25.4 Å². The average Bonchev–Trinajstić information content (AvgIpc) is 3.23. The number of aromatic amines is 1. The number of nitrogens with zero attached hydrogens (tertiary/aromatic N) is 2. The maximum absolute atomic E-state index is 12.4. The Kier molecular flexibility index (Phi) is 5.11. The Hall–Kier alpha value is -3.48. The Balaban J connectivity index is 1.47. The van der Waals surface area contributed by atoms with E-state index in [2.05, 4.69) is 9.97 Å². The zero-order valence-electron chi connectivity index (χ0n) is 17.2. The van der Waals surface area contributed by atoms with Crippen LogP contribution in [0.25, 0.3) is 11.0 Å². The summed E-state index contributed by atoms with van der Waals surface area (Å²) in [7, 11) is 0. The average molecular weight is 403 g/mol. The summed E-state index contributed by atoms with van der Waals surface area (Å²) in [5.41, 5.74) is 2.58. The Bertz CT molecular complexity index is 1110. The molecule has 3 N–H and O–H groups in total. The van der Waals surface area contributed by atoms with Crippen molar-refractivity contribution in [2.45, 2.75) is 33.2 Å². The van der Waals surface area contributed by atoms with Crippen LogP contribution in [0.3, 0.4) is 0 Å². The first-order chi connectivity index (χ1) is 14.4. The summed E-state index contributed by atoms with van der Waals surface area (Å²) in [5, 5.41) is 15.0. The number of carbonyl (C=O) groups is 1. The number of hydrogen-bond donors (Lipinski definition) is 3. The van der Waals surface area contributed by atoms with Gasteiger partial charge in [0.15, 0.2) is 0 Å². The van der Waals surface area contributed by atoms with Gasteiger partial charge in [0.05, 0.1) is 17.6 Å². The van der Waals surface area contributed by atoms with Crippen LogP contribution in [0.4, 0.5) is 0 Å². The number of rotatable bonds is 7. The lowest BCUT2D eigenvalue weighted by atomic mass is 9.92. The van der Waals surface area contributed by atoms with Gasteiger partial charge in [-0.3, -0.25) is 4.79 Å². The van der Waals surface area contributed by atoms with Crippen LogP contribution >= 0.6 is 0 Å². The van der Waals surface area contributed by atoms with Crippen molar-refractivity contribution in [1.29, 1.82) is 10.8 Å². The van der Waals surface area contributed by atoms with Gasteiger partial charge in [-0.2, -0.15) is 0 Å². The van der Waals surface area contributed by atoms with Crippen molar-refractivity contribution in [1.82, 2.24) is 14.9 Å². The highest BCUT2D eigenvalue weighted by molar-refractivity contribution is 6.04. The summed E-state index contributed by atoms with van der Waals surface area (Å²) in [4.78, 5) is 22.2. The number of H-pyrrole nitrogens is 1. The van der Waals surface area contributed by atoms with Gasteiger partial charge in [0, 0.05) is 36.4 Å². The first kappa shape index (κ1) is 19.8. The second-order valence-electron chi connectivity index (χ2n) is 8.24. The number of amides is 1. The third-order valence-electron chi connectivity index (χ3n) is 5.46. The summed E-state index contributed by atoms with van der Waals surface area (Å²) in [6.45, 7) is 5.21. The van der Waals surface area contributed by atoms with Gasteiger partial charge in [-0.25, -0.2) is 4.98 Å². The highest BCUT2D eigenvalue weighted by Gasteiger charge is 2.38. The monoisotopic (exact) mass is 403 g/mol. The number of imidazole rings is 1. The zero-order valence-corrected chi connectivity index (χ0v) is 17.2. The van der Waals surface area contributed by atoms with Crippen LogP contribution in [0.2, 0.25) is 0 Å². The molecule has 30 heavy (non-hydrogen) atoms. The number of carbonyl (C=O) groups excluding carboxylic acids is 1. The number of likely N-dealkylation sites (tertiary alicyclic amines) is 1. The standard InChI is InChI=1S/C23H25N5O2/c1-23(2)10-12-28(22(23)29)14-21-26-19-8-7-17(13-20(19)27-21)30-16-5-3-15(4-6-16)18(25)9-11-24/h3-8,11,13,24-25H,9-10,12,14H2,1-2H3,(H,26,27). The number of hydrogen-bond acceptors (Lipinski definition) is 5.